The standard InChI is InChI=1S/C21H21F6N3O3/c1-11(2)17-7-12(16-4-3-13(9-28-16)20(22,23)24)5-6-30(17)19(32)33-14-8-15(21(25,26)27)18(31)29-10-14/h3-4,8-12,17H,5-7H2,1-2H3,(H,29,31). The molecule has 1 aliphatic heterocycles. The Bertz CT molecular complexity index is 1050. The van der Waals surface area contributed by atoms with E-state index in [0.717, 1.165) is 18.5 Å². The predicted molar refractivity (Wildman–Crippen MR) is 105 cm³/mol. The van der Waals surface area contributed by atoms with E-state index in [1.165, 1.54) is 11.0 Å². The minimum absolute atomic E-state index is 0.0730. The fraction of sp³-hybridized carbons (Fsp3) is 0.476. The van der Waals surface area contributed by atoms with Crippen molar-refractivity contribution in [1.29, 1.82) is 0 Å². The molecule has 2 aromatic heterocycles. The second-order valence-corrected chi connectivity index (χ2v) is 8.14. The number of H-pyrrole nitrogens is 1. The first kappa shape index (κ1) is 24.6. The maximum atomic E-state index is 12.9. The SMILES string of the molecule is CC(C)C1CC(c2ccc(C(F)(F)F)cn2)CCN1C(=O)Oc1c[nH]c(=O)c(C(F)(F)F)c1. The van der Waals surface area contributed by atoms with E-state index in [0.29, 0.717) is 24.6 Å². The zero-order chi connectivity index (χ0) is 24.6. The smallest absolute Gasteiger partial charge is 0.409 e. The van der Waals surface area contributed by atoms with Crippen molar-refractivity contribution in [2.45, 2.75) is 51.0 Å². The van der Waals surface area contributed by atoms with Crippen molar-refractivity contribution < 1.29 is 35.9 Å². The summed E-state index contributed by atoms with van der Waals surface area (Å²) in [4.78, 5) is 31.3. The van der Waals surface area contributed by atoms with E-state index in [2.05, 4.69) is 4.98 Å². The van der Waals surface area contributed by atoms with Gasteiger partial charge in [0.05, 0.1) is 5.56 Å². The number of aromatic nitrogens is 2. The number of nitrogens with one attached hydrogen (secondary N) is 1. The molecule has 0 aliphatic carbocycles. The van der Waals surface area contributed by atoms with Crippen molar-refractivity contribution in [2.75, 3.05) is 6.54 Å². The summed E-state index contributed by atoms with van der Waals surface area (Å²) >= 11 is 0. The molecule has 1 saturated heterocycles. The van der Waals surface area contributed by atoms with Gasteiger partial charge < -0.3 is 14.6 Å². The number of likely N-dealkylation sites (tertiary alicyclic amines) is 1. The second-order valence-electron chi connectivity index (χ2n) is 8.14. The van der Waals surface area contributed by atoms with E-state index in [1.54, 1.807) is 0 Å². The second kappa shape index (κ2) is 9.06. The number of carbonyl (C=O) groups excluding carboxylic acids is 1. The third-order valence-electron chi connectivity index (χ3n) is 5.57. The Balaban J connectivity index is 1.75. The van der Waals surface area contributed by atoms with Crippen LogP contribution in [0.15, 0.2) is 35.4 Å². The van der Waals surface area contributed by atoms with Crippen molar-refractivity contribution in [2.24, 2.45) is 5.92 Å². The third-order valence-corrected chi connectivity index (χ3v) is 5.57. The first-order valence-electron chi connectivity index (χ1n) is 10.1. The summed E-state index contributed by atoms with van der Waals surface area (Å²) in [7, 11) is 0. The summed E-state index contributed by atoms with van der Waals surface area (Å²) in [5.41, 5.74) is -3.23. The molecule has 0 spiro atoms. The molecule has 180 valence electrons. The van der Waals surface area contributed by atoms with E-state index in [1.807, 2.05) is 18.8 Å². The highest BCUT2D eigenvalue weighted by Crippen LogP contribution is 2.36. The van der Waals surface area contributed by atoms with Gasteiger partial charge in [0.1, 0.15) is 11.3 Å². The van der Waals surface area contributed by atoms with E-state index in [9.17, 15) is 35.9 Å². The Labute approximate surface area is 184 Å². The molecule has 33 heavy (non-hydrogen) atoms. The highest BCUT2D eigenvalue weighted by molar-refractivity contribution is 5.71. The van der Waals surface area contributed by atoms with Crippen LogP contribution in [0.25, 0.3) is 0 Å². The number of amides is 1. The monoisotopic (exact) mass is 477 g/mol. The van der Waals surface area contributed by atoms with Gasteiger partial charge in [-0.1, -0.05) is 13.8 Å². The molecular formula is C21H21F6N3O3. The van der Waals surface area contributed by atoms with Crippen LogP contribution in [-0.2, 0) is 12.4 Å². The predicted octanol–water partition coefficient (Wildman–Crippen LogP) is 5.21. The quantitative estimate of drug-likeness (QED) is 0.616. The number of hydrogen-bond acceptors (Lipinski definition) is 4. The summed E-state index contributed by atoms with van der Waals surface area (Å²) in [6.45, 7) is 3.86. The Morgan fingerprint density at radius 1 is 1.18 bits per heavy atom. The van der Waals surface area contributed by atoms with Crippen LogP contribution in [0.1, 0.15) is 49.4 Å². The van der Waals surface area contributed by atoms with Crippen molar-refractivity contribution in [3.63, 3.8) is 0 Å². The third kappa shape index (κ3) is 5.66. The number of alkyl halides is 6. The van der Waals surface area contributed by atoms with Gasteiger partial charge in [-0.25, -0.2) is 4.79 Å². The fourth-order valence-electron chi connectivity index (χ4n) is 3.83. The summed E-state index contributed by atoms with van der Waals surface area (Å²) in [5, 5.41) is 0. The number of nitrogens with zero attached hydrogens (tertiary/aromatic N) is 2. The summed E-state index contributed by atoms with van der Waals surface area (Å²) in [6, 6.07) is 2.35. The van der Waals surface area contributed by atoms with Gasteiger partial charge in [-0.05, 0) is 30.9 Å². The van der Waals surface area contributed by atoms with Gasteiger partial charge in [0.15, 0.2) is 0 Å². The first-order chi connectivity index (χ1) is 15.3. The minimum Gasteiger partial charge on any atom is -0.409 e. The molecule has 2 atom stereocenters. The molecule has 6 nitrogen and oxygen atoms in total. The number of pyridine rings is 2. The van der Waals surface area contributed by atoms with Gasteiger partial charge >= 0.3 is 18.4 Å². The van der Waals surface area contributed by atoms with Crippen LogP contribution >= 0.6 is 0 Å². The van der Waals surface area contributed by atoms with Gasteiger partial charge in [0, 0.05) is 42.7 Å². The summed E-state index contributed by atoms with van der Waals surface area (Å²) in [5.74, 6) is -0.731. The molecule has 3 rings (SSSR count). The normalized spacial score (nSPS) is 19.6. The lowest BCUT2D eigenvalue weighted by atomic mass is 9.83. The maximum Gasteiger partial charge on any atom is 0.421 e. The number of carbonyl (C=O) groups is 1. The molecular weight excluding hydrogens is 456 g/mol. The van der Waals surface area contributed by atoms with E-state index in [-0.39, 0.29) is 24.4 Å². The largest absolute Gasteiger partial charge is 0.421 e. The zero-order valence-corrected chi connectivity index (χ0v) is 17.6. The Morgan fingerprint density at radius 2 is 1.88 bits per heavy atom. The molecule has 1 N–H and O–H groups in total. The fourth-order valence-corrected chi connectivity index (χ4v) is 3.83. The Morgan fingerprint density at radius 3 is 2.42 bits per heavy atom. The molecule has 2 unspecified atom stereocenters. The Hall–Kier alpha value is -3.05. The number of rotatable bonds is 3. The lowest BCUT2D eigenvalue weighted by Gasteiger charge is -2.40. The highest BCUT2D eigenvalue weighted by Gasteiger charge is 2.38. The molecule has 1 aliphatic rings. The van der Waals surface area contributed by atoms with Crippen LogP contribution in [0.4, 0.5) is 31.1 Å². The van der Waals surface area contributed by atoms with Crippen molar-refractivity contribution in [3.05, 3.63) is 57.8 Å². The number of ether oxygens (including phenoxy) is 1. The molecule has 0 aromatic carbocycles. The van der Waals surface area contributed by atoms with Gasteiger partial charge in [0.2, 0.25) is 0 Å². The van der Waals surface area contributed by atoms with Crippen molar-refractivity contribution in [3.8, 4) is 5.75 Å². The van der Waals surface area contributed by atoms with Crippen LogP contribution in [-0.4, -0.2) is 33.5 Å². The van der Waals surface area contributed by atoms with E-state index in [4.69, 9.17) is 4.74 Å². The lowest BCUT2D eigenvalue weighted by Crippen LogP contribution is -2.49. The zero-order valence-electron chi connectivity index (χ0n) is 17.6. The molecule has 1 fully saturated rings. The van der Waals surface area contributed by atoms with Crippen LogP contribution in [0, 0.1) is 5.92 Å². The Kier molecular flexibility index (Phi) is 6.75. The van der Waals surface area contributed by atoms with Crippen LogP contribution in [0.3, 0.4) is 0 Å². The number of piperidine rings is 1. The number of halogens is 6. The van der Waals surface area contributed by atoms with Gasteiger partial charge in [-0.15, -0.1) is 0 Å². The molecule has 3 heterocycles. The van der Waals surface area contributed by atoms with Crippen LogP contribution < -0.4 is 10.3 Å². The molecule has 12 heteroatoms. The molecule has 2 aromatic rings. The molecule has 0 radical (unpaired) electrons. The summed E-state index contributed by atoms with van der Waals surface area (Å²) in [6.07, 6.45) is -7.86. The lowest BCUT2D eigenvalue weighted by molar-refractivity contribution is -0.139. The van der Waals surface area contributed by atoms with Crippen LogP contribution in [0.2, 0.25) is 0 Å². The van der Waals surface area contributed by atoms with Gasteiger partial charge in [-0.3, -0.25) is 9.78 Å². The minimum atomic E-state index is -4.91. The average Bonchev–Trinajstić information content (AvgIpc) is 2.73. The maximum absolute atomic E-state index is 12.9. The van der Waals surface area contributed by atoms with E-state index >= 15 is 0 Å². The van der Waals surface area contributed by atoms with Crippen LogP contribution in [0.5, 0.6) is 5.75 Å². The number of aromatic amines is 1. The highest BCUT2D eigenvalue weighted by atomic mass is 19.4. The average molecular weight is 477 g/mol. The van der Waals surface area contributed by atoms with Crippen molar-refractivity contribution >= 4 is 6.09 Å². The van der Waals surface area contributed by atoms with E-state index < -0.39 is 40.9 Å². The topological polar surface area (TPSA) is 75.3 Å². The molecule has 0 bridgehead atoms. The van der Waals surface area contributed by atoms with Gasteiger partial charge in [-0.2, -0.15) is 26.3 Å². The molecule has 1 amide bonds. The molecule has 0 saturated carbocycles. The van der Waals surface area contributed by atoms with Crippen molar-refractivity contribution in [1.82, 2.24) is 14.9 Å². The first-order valence-corrected chi connectivity index (χ1v) is 10.1. The number of hydrogen-bond donors (Lipinski definition) is 1. The summed E-state index contributed by atoms with van der Waals surface area (Å²) < 4.78 is 82.3. The van der Waals surface area contributed by atoms with Gasteiger partial charge in [0.25, 0.3) is 5.56 Å².